The molecule has 1 N–H and O–H groups in total. The van der Waals surface area contributed by atoms with Gasteiger partial charge in [0.1, 0.15) is 0 Å². The molecule has 1 saturated carbocycles. The summed E-state index contributed by atoms with van der Waals surface area (Å²) in [5, 5.41) is 9.49. The summed E-state index contributed by atoms with van der Waals surface area (Å²) in [4.78, 5) is 0. The first kappa shape index (κ1) is 12.2. The van der Waals surface area contributed by atoms with Gasteiger partial charge in [0, 0.05) is 22.5 Å². The Kier molecular flexibility index (Phi) is 5.82. The number of hydrogen-bond donors (Lipinski definition) is 1. The predicted molar refractivity (Wildman–Crippen MR) is 55.5 cm³/mol. The van der Waals surface area contributed by atoms with E-state index in [0.29, 0.717) is 0 Å². The first-order chi connectivity index (χ1) is 5.52. The van der Waals surface area contributed by atoms with Gasteiger partial charge in [0.15, 0.2) is 0 Å². The van der Waals surface area contributed by atoms with E-state index in [1.54, 1.807) is 0 Å². The van der Waals surface area contributed by atoms with Crippen molar-refractivity contribution in [2.45, 2.75) is 45.1 Å². The Hall–Kier alpha value is 0.155. The molecule has 5 radical (unpaired) electrons. The third-order valence-corrected chi connectivity index (χ3v) is 2.35. The fraction of sp³-hybridized carbons (Fsp3) is 1.00. The molecule has 1 rings (SSSR count). The van der Waals surface area contributed by atoms with Gasteiger partial charge in [-0.25, -0.2) is 0 Å². The summed E-state index contributed by atoms with van der Waals surface area (Å²) >= 11 is 0. The van der Waals surface area contributed by atoms with Gasteiger partial charge in [-0.3, -0.25) is 0 Å². The zero-order chi connectivity index (χ0) is 9.61. The molecule has 0 amide bonds. The maximum atomic E-state index is 9.49. The maximum absolute atomic E-state index is 9.49. The Balaban J connectivity index is 0.000000354. The molecule has 0 aliphatic heterocycles. The van der Waals surface area contributed by atoms with Gasteiger partial charge in [0.2, 0.25) is 0 Å². The first-order valence-corrected chi connectivity index (χ1v) is 4.49. The molecule has 0 bridgehead atoms. The van der Waals surface area contributed by atoms with Crippen LogP contribution in [-0.2, 0) is 0 Å². The maximum Gasteiger partial charge on any atom is 0.0620 e. The van der Waals surface area contributed by atoms with E-state index >= 15 is 0 Å². The van der Waals surface area contributed by atoms with Crippen LogP contribution < -0.4 is 0 Å². The van der Waals surface area contributed by atoms with E-state index < -0.39 is 0 Å². The van der Waals surface area contributed by atoms with Crippen LogP contribution >= 0.6 is 0 Å². The van der Waals surface area contributed by atoms with Crippen LogP contribution in [0, 0.1) is 5.92 Å². The lowest BCUT2D eigenvalue weighted by Gasteiger charge is -2.31. The molecule has 0 aromatic heterocycles. The quantitative estimate of drug-likeness (QED) is 0.520. The molecule has 0 heterocycles. The van der Waals surface area contributed by atoms with Gasteiger partial charge >= 0.3 is 0 Å². The van der Waals surface area contributed by atoms with Crippen molar-refractivity contribution in [2.75, 3.05) is 0 Å². The van der Waals surface area contributed by atoms with Crippen molar-refractivity contribution in [3.8, 4) is 0 Å². The molecule has 1 nitrogen and oxygen atoms in total. The smallest absolute Gasteiger partial charge is 0.0620 e. The highest BCUT2D eigenvalue weighted by molar-refractivity contribution is 7.17. The van der Waals surface area contributed by atoms with E-state index in [1.165, 1.54) is 12.8 Å². The van der Waals surface area contributed by atoms with E-state index in [4.69, 9.17) is 0 Å². The fourth-order valence-electron chi connectivity index (χ4n) is 1.38. The van der Waals surface area contributed by atoms with Crippen molar-refractivity contribution in [2.24, 2.45) is 5.92 Å². The second-order valence-electron chi connectivity index (χ2n) is 3.87. The first-order valence-electron chi connectivity index (χ1n) is 4.49. The van der Waals surface area contributed by atoms with Gasteiger partial charge in [0.25, 0.3) is 0 Å². The molecule has 1 aliphatic carbocycles. The Morgan fingerprint density at radius 2 is 1.67 bits per heavy atom. The number of aliphatic hydroxyl groups is 1. The van der Waals surface area contributed by atoms with E-state index in [9.17, 15) is 5.11 Å². The fourth-order valence-corrected chi connectivity index (χ4v) is 1.38. The molecular weight excluding hydrogens is 145 g/mol. The summed E-state index contributed by atoms with van der Waals surface area (Å²) in [6, 6.07) is 0. The molecule has 0 aromatic rings. The van der Waals surface area contributed by atoms with E-state index in [1.807, 2.05) is 6.92 Å². The Morgan fingerprint density at radius 3 is 1.92 bits per heavy atom. The van der Waals surface area contributed by atoms with Gasteiger partial charge in [-0.05, 0) is 38.5 Å². The lowest BCUT2D eigenvalue weighted by Crippen LogP contribution is -2.29. The highest BCUT2D eigenvalue weighted by Gasteiger charge is 2.26. The SMILES string of the molecule is CC1CCC(C)(O)CC1.[B][B][B]. The molecule has 1 aliphatic rings. The average Bonchev–Trinajstić information content (AvgIpc) is 1.98. The highest BCUT2D eigenvalue weighted by Crippen LogP contribution is 2.30. The minimum absolute atomic E-state index is 0.341. The van der Waals surface area contributed by atoms with Crippen LogP contribution in [-0.4, -0.2) is 33.2 Å². The Labute approximate surface area is 79.3 Å². The molecule has 0 aromatic carbocycles. The largest absolute Gasteiger partial charge is 0.390 e. The van der Waals surface area contributed by atoms with Crippen LogP contribution in [0.2, 0.25) is 0 Å². The third kappa shape index (κ3) is 5.76. The van der Waals surface area contributed by atoms with Crippen LogP contribution in [0.15, 0.2) is 0 Å². The standard InChI is InChI=1S/C8H16O.B3/c1-7-3-5-8(2,9)6-4-7;1-3-2/h7,9H,3-6H2,1-2H3;. The van der Waals surface area contributed by atoms with Gasteiger partial charge in [-0.2, -0.15) is 0 Å². The molecule has 1 fully saturated rings. The summed E-state index contributed by atoms with van der Waals surface area (Å²) in [5.74, 6) is 0.838. The predicted octanol–water partition coefficient (Wildman–Crippen LogP) is 0.805. The zero-order valence-electron chi connectivity index (χ0n) is 8.09. The molecule has 12 heavy (non-hydrogen) atoms. The average molecular weight is 161 g/mol. The zero-order valence-corrected chi connectivity index (χ0v) is 8.09. The van der Waals surface area contributed by atoms with Crippen molar-refractivity contribution in [1.82, 2.24) is 0 Å². The number of hydrogen-bond acceptors (Lipinski definition) is 1. The minimum atomic E-state index is -0.341. The van der Waals surface area contributed by atoms with Crippen LogP contribution in [0.3, 0.4) is 0 Å². The van der Waals surface area contributed by atoms with E-state index in [-0.39, 0.29) is 5.60 Å². The molecule has 0 atom stereocenters. The van der Waals surface area contributed by atoms with Gasteiger partial charge in [0.05, 0.1) is 5.60 Å². The van der Waals surface area contributed by atoms with Crippen LogP contribution in [0.5, 0.6) is 0 Å². The van der Waals surface area contributed by atoms with Gasteiger partial charge in [-0.15, -0.1) is 0 Å². The number of rotatable bonds is 0. The molecule has 63 valence electrons. The summed E-state index contributed by atoms with van der Waals surface area (Å²) in [6.45, 7) is 4.20. The highest BCUT2D eigenvalue weighted by atomic mass is 16.3. The van der Waals surface area contributed by atoms with Crippen molar-refractivity contribution in [1.29, 1.82) is 0 Å². The van der Waals surface area contributed by atoms with Crippen molar-refractivity contribution >= 4 is 22.5 Å². The van der Waals surface area contributed by atoms with Crippen molar-refractivity contribution in [3.05, 3.63) is 0 Å². The second-order valence-corrected chi connectivity index (χ2v) is 3.87. The lowest BCUT2D eigenvalue weighted by atomic mass is 9.40. The van der Waals surface area contributed by atoms with Gasteiger partial charge in [-0.1, -0.05) is 6.92 Å². The Bertz CT molecular complexity index is 107. The summed E-state index contributed by atoms with van der Waals surface area (Å²) in [6.07, 6.45) is 4.39. The molecule has 0 unspecified atom stereocenters. The molecule has 0 spiro atoms. The second kappa shape index (κ2) is 5.74. The van der Waals surface area contributed by atoms with E-state index in [2.05, 4.69) is 22.4 Å². The summed E-state index contributed by atoms with van der Waals surface area (Å²) in [5.41, 5.74) is -0.341. The van der Waals surface area contributed by atoms with Crippen LogP contribution in [0.1, 0.15) is 39.5 Å². The molecule has 0 saturated heterocycles. The summed E-state index contributed by atoms with van der Waals surface area (Å²) in [7, 11) is 10.0. The van der Waals surface area contributed by atoms with Crippen LogP contribution in [0.25, 0.3) is 0 Å². The third-order valence-electron chi connectivity index (χ3n) is 2.35. The minimum Gasteiger partial charge on any atom is -0.390 e. The Morgan fingerprint density at radius 1 is 1.33 bits per heavy atom. The van der Waals surface area contributed by atoms with Crippen molar-refractivity contribution in [3.63, 3.8) is 0 Å². The lowest BCUT2D eigenvalue weighted by molar-refractivity contribution is 0.0104. The summed E-state index contributed by atoms with van der Waals surface area (Å²) < 4.78 is 0. The molecular formula is C8H16B3O. The van der Waals surface area contributed by atoms with Gasteiger partial charge < -0.3 is 5.11 Å². The normalized spacial score (nSPS) is 34.8. The monoisotopic (exact) mass is 161 g/mol. The topological polar surface area (TPSA) is 20.2 Å². The molecule has 4 heteroatoms. The van der Waals surface area contributed by atoms with Crippen molar-refractivity contribution < 1.29 is 5.11 Å². The van der Waals surface area contributed by atoms with Crippen LogP contribution in [0.4, 0.5) is 0 Å². The van der Waals surface area contributed by atoms with E-state index in [0.717, 1.165) is 25.8 Å².